The van der Waals surface area contributed by atoms with Crippen LogP contribution >= 0.6 is 24.0 Å². The lowest BCUT2D eigenvalue weighted by Crippen LogP contribution is -2.46. The molecule has 0 radical (unpaired) electrons. The van der Waals surface area contributed by atoms with E-state index >= 15 is 0 Å². The van der Waals surface area contributed by atoms with E-state index in [1.807, 2.05) is 24.0 Å². The largest absolute Gasteiger partial charge is 0.336 e. The Morgan fingerprint density at radius 1 is 1.35 bits per heavy atom. The average molecular weight is 275 g/mol. The van der Waals surface area contributed by atoms with Gasteiger partial charge in [0.1, 0.15) is 0 Å². The fourth-order valence-electron chi connectivity index (χ4n) is 1.86. The molecule has 1 fully saturated rings. The van der Waals surface area contributed by atoms with Gasteiger partial charge in [0, 0.05) is 36.8 Å². The predicted octanol–water partition coefficient (Wildman–Crippen LogP) is 2.12. The van der Waals surface area contributed by atoms with Gasteiger partial charge in [0.15, 0.2) is 0 Å². The normalized spacial score (nSPS) is 15.3. The summed E-state index contributed by atoms with van der Waals surface area (Å²) in [6.45, 7) is 5.21. The van der Waals surface area contributed by atoms with Gasteiger partial charge in [-0.2, -0.15) is 0 Å². The highest BCUT2D eigenvalue weighted by molar-refractivity contribution is 6.31. The van der Waals surface area contributed by atoms with Crippen molar-refractivity contribution in [3.05, 3.63) is 34.3 Å². The lowest BCUT2D eigenvalue weighted by atomic mass is 10.1. The molecule has 94 valence electrons. The number of hydrogen-bond acceptors (Lipinski definition) is 2. The van der Waals surface area contributed by atoms with Crippen LogP contribution in [0, 0.1) is 6.92 Å². The number of piperazine rings is 1. The molecule has 1 aromatic carbocycles. The van der Waals surface area contributed by atoms with Crippen molar-refractivity contribution in [3.63, 3.8) is 0 Å². The zero-order chi connectivity index (χ0) is 11.5. The Morgan fingerprint density at radius 2 is 2.00 bits per heavy atom. The van der Waals surface area contributed by atoms with E-state index in [1.165, 1.54) is 0 Å². The van der Waals surface area contributed by atoms with Crippen molar-refractivity contribution >= 4 is 29.9 Å². The topological polar surface area (TPSA) is 32.3 Å². The van der Waals surface area contributed by atoms with E-state index in [4.69, 9.17) is 11.6 Å². The molecule has 0 bridgehead atoms. The summed E-state index contributed by atoms with van der Waals surface area (Å²) in [7, 11) is 0. The van der Waals surface area contributed by atoms with Crippen molar-refractivity contribution in [2.24, 2.45) is 0 Å². The molecule has 1 amide bonds. The van der Waals surface area contributed by atoms with Crippen LogP contribution in [0.1, 0.15) is 15.9 Å². The second-order valence-electron chi connectivity index (χ2n) is 4.00. The van der Waals surface area contributed by atoms with E-state index in [0.29, 0.717) is 5.02 Å². The maximum atomic E-state index is 12.2. The zero-order valence-electron chi connectivity index (χ0n) is 9.70. The Labute approximate surface area is 113 Å². The van der Waals surface area contributed by atoms with Crippen LogP contribution in [-0.4, -0.2) is 37.0 Å². The lowest BCUT2D eigenvalue weighted by molar-refractivity contribution is 0.0735. The number of aryl methyl sites for hydroxylation is 1. The Hall–Kier alpha value is -0.770. The third-order valence-corrected chi connectivity index (χ3v) is 3.07. The number of benzene rings is 1. The summed E-state index contributed by atoms with van der Waals surface area (Å²) in [6, 6.07) is 5.45. The fourth-order valence-corrected chi connectivity index (χ4v) is 2.04. The van der Waals surface area contributed by atoms with Gasteiger partial charge in [0.2, 0.25) is 0 Å². The summed E-state index contributed by atoms with van der Waals surface area (Å²) in [4.78, 5) is 14.1. The van der Waals surface area contributed by atoms with Crippen LogP contribution in [0.5, 0.6) is 0 Å². The smallest absolute Gasteiger partial charge is 0.254 e. The molecule has 0 atom stereocenters. The summed E-state index contributed by atoms with van der Waals surface area (Å²) in [6.07, 6.45) is 0. The molecule has 1 aliphatic rings. The number of nitrogens with zero attached hydrogens (tertiary/aromatic N) is 1. The van der Waals surface area contributed by atoms with Crippen LogP contribution in [0.15, 0.2) is 18.2 Å². The molecule has 0 spiro atoms. The number of carbonyl (C=O) groups is 1. The van der Waals surface area contributed by atoms with Crippen molar-refractivity contribution in [1.82, 2.24) is 10.2 Å². The van der Waals surface area contributed by atoms with Gasteiger partial charge >= 0.3 is 0 Å². The van der Waals surface area contributed by atoms with Gasteiger partial charge < -0.3 is 10.2 Å². The number of hydrogen-bond donors (Lipinski definition) is 1. The van der Waals surface area contributed by atoms with Crippen molar-refractivity contribution in [2.45, 2.75) is 6.92 Å². The third-order valence-electron chi connectivity index (χ3n) is 2.83. The molecule has 2 rings (SSSR count). The van der Waals surface area contributed by atoms with Gasteiger partial charge in [-0.3, -0.25) is 4.79 Å². The Morgan fingerprint density at radius 3 is 2.65 bits per heavy atom. The monoisotopic (exact) mass is 274 g/mol. The minimum absolute atomic E-state index is 0. The third kappa shape index (κ3) is 3.35. The molecule has 17 heavy (non-hydrogen) atoms. The summed E-state index contributed by atoms with van der Waals surface area (Å²) in [5, 5.41) is 3.84. The molecule has 5 heteroatoms. The summed E-state index contributed by atoms with van der Waals surface area (Å²) >= 11 is 5.92. The van der Waals surface area contributed by atoms with Gasteiger partial charge in [-0.15, -0.1) is 12.4 Å². The zero-order valence-corrected chi connectivity index (χ0v) is 11.3. The summed E-state index contributed by atoms with van der Waals surface area (Å²) < 4.78 is 0. The Balaban J connectivity index is 0.00000144. The van der Waals surface area contributed by atoms with Crippen molar-refractivity contribution in [1.29, 1.82) is 0 Å². The first kappa shape index (κ1) is 14.3. The SMILES string of the molecule is Cc1ccc(Cl)cc1C(=O)N1CCNCC1.Cl. The molecule has 1 aliphatic heterocycles. The van der Waals surface area contributed by atoms with Gasteiger partial charge in [-0.1, -0.05) is 17.7 Å². The van der Waals surface area contributed by atoms with Crippen LogP contribution in [0.25, 0.3) is 0 Å². The molecule has 0 saturated carbocycles. The van der Waals surface area contributed by atoms with Crippen molar-refractivity contribution in [2.75, 3.05) is 26.2 Å². The fraction of sp³-hybridized carbons (Fsp3) is 0.417. The number of halogens is 2. The molecular weight excluding hydrogens is 259 g/mol. The van der Waals surface area contributed by atoms with Gasteiger partial charge in [0.25, 0.3) is 5.91 Å². The number of nitrogens with one attached hydrogen (secondary N) is 1. The van der Waals surface area contributed by atoms with Crippen molar-refractivity contribution < 1.29 is 4.79 Å². The van der Waals surface area contributed by atoms with E-state index < -0.39 is 0 Å². The van der Waals surface area contributed by atoms with Gasteiger partial charge in [-0.05, 0) is 24.6 Å². The molecule has 1 saturated heterocycles. The Kier molecular flexibility index (Phi) is 5.25. The van der Waals surface area contributed by atoms with E-state index in [-0.39, 0.29) is 18.3 Å². The minimum atomic E-state index is 0. The lowest BCUT2D eigenvalue weighted by Gasteiger charge is -2.28. The maximum Gasteiger partial charge on any atom is 0.254 e. The molecule has 1 aromatic rings. The highest BCUT2D eigenvalue weighted by Gasteiger charge is 2.19. The predicted molar refractivity (Wildman–Crippen MR) is 72.2 cm³/mol. The second-order valence-corrected chi connectivity index (χ2v) is 4.44. The van der Waals surface area contributed by atoms with Crippen LogP contribution in [-0.2, 0) is 0 Å². The molecule has 0 unspecified atom stereocenters. The number of amides is 1. The van der Waals surface area contributed by atoms with E-state index in [9.17, 15) is 4.79 Å². The first-order valence-electron chi connectivity index (χ1n) is 5.44. The highest BCUT2D eigenvalue weighted by Crippen LogP contribution is 2.17. The standard InChI is InChI=1S/C12H15ClN2O.ClH/c1-9-2-3-10(13)8-11(9)12(16)15-6-4-14-5-7-15;/h2-3,8,14H,4-7H2,1H3;1H. The van der Waals surface area contributed by atoms with Gasteiger partial charge in [0.05, 0.1) is 0 Å². The first-order valence-corrected chi connectivity index (χ1v) is 5.82. The van der Waals surface area contributed by atoms with Crippen LogP contribution < -0.4 is 5.32 Å². The second kappa shape index (κ2) is 6.24. The molecule has 0 aromatic heterocycles. The summed E-state index contributed by atoms with van der Waals surface area (Å²) in [5.41, 5.74) is 1.70. The highest BCUT2D eigenvalue weighted by atomic mass is 35.5. The van der Waals surface area contributed by atoms with Gasteiger partial charge in [-0.25, -0.2) is 0 Å². The van der Waals surface area contributed by atoms with E-state index in [1.54, 1.807) is 6.07 Å². The molecule has 3 nitrogen and oxygen atoms in total. The van der Waals surface area contributed by atoms with E-state index in [2.05, 4.69) is 5.32 Å². The quantitative estimate of drug-likeness (QED) is 0.851. The first-order chi connectivity index (χ1) is 7.68. The van der Waals surface area contributed by atoms with E-state index in [0.717, 1.165) is 37.3 Å². The maximum absolute atomic E-state index is 12.2. The molecule has 0 aliphatic carbocycles. The van der Waals surface area contributed by atoms with Crippen LogP contribution in [0.3, 0.4) is 0 Å². The van der Waals surface area contributed by atoms with Crippen molar-refractivity contribution in [3.8, 4) is 0 Å². The van der Waals surface area contributed by atoms with Crippen LogP contribution in [0.2, 0.25) is 5.02 Å². The summed E-state index contributed by atoms with van der Waals surface area (Å²) in [5.74, 6) is 0.0847. The molecule has 1 heterocycles. The molecular formula is C12H16Cl2N2O. The molecule has 1 N–H and O–H groups in total. The Bertz CT molecular complexity index is 403. The number of rotatable bonds is 1. The minimum Gasteiger partial charge on any atom is -0.336 e. The van der Waals surface area contributed by atoms with Crippen LogP contribution in [0.4, 0.5) is 0 Å². The number of carbonyl (C=O) groups excluding carboxylic acids is 1. The average Bonchev–Trinajstić information content (AvgIpc) is 2.32.